The van der Waals surface area contributed by atoms with Crippen molar-refractivity contribution in [3.05, 3.63) is 29.3 Å². The predicted molar refractivity (Wildman–Crippen MR) is 90.6 cm³/mol. The van der Waals surface area contributed by atoms with Crippen LogP contribution in [-0.2, 0) is 4.74 Å². The quantitative estimate of drug-likeness (QED) is 0.896. The van der Waals surface area contributed by atoms with E-state index in [1.807, 2.05) is 46.8 Å². The number of likely N-dealkylation sites (tertiary alicyclic amines) is 1. The molecule has 0 bridgehead atoms. The van der Waals surface area contributed by atoms with Crippen LogP contribution in [0.5, 0.6) is 5.75 Å². The summed E-state index contributed by atoms with van der Waals surface area (Å²) in [5.41, 5.74) is 1.54. The van der Waals surface area contributed by atoms with Gasteiger partial charge in [-0.2, -0.15) is 0 Å². The lowest BCUT2D eigenvalue weighted by Gasteiger charge is -2.25. The molecule has 1 aliphatic rings. The Bertz CT molecular complexity index is 566. The third-order valence-electron chi connectivity index (χ3n) is 3.98. The number of nitrogens with one attached hydrogen (secondary N) is 1. The first-order valence-electron chi connectivity index (χ1n) is 8.19. The van der Waals surface area contributed by atoms with Crippen molar-refractivity contribution in [1.29, 1.82) is 0 Å². The van der Waals surface area contributed by atoms with Crippen LogP contribution in [0.1, 0.15) is 51.3 Å². The van der Waals surface area contributed by atoms with Crippen LogP contribution in [-0.4, -0.2) is 40.8 Å². The standard InChI is InChI=1S/C18H28N2O3/c1-12-6-7-16(21)15(10-12)13(2)19-14-8-9-20(11-14)17(22)23-18(3,4)5/h6-7,10,13-14,19,21H,8-9,11H2,1-5H3. The molecule has 2 rings (SSSR count). The van der Waals surface area contributed by atoms with Crippen LogP contribution < -0.4 is 5.32 Å². The molecular formula is C18H28N2O3. The molecule has 0 radical (unpaired) electrons. The highest BCUT2D eigenvalue weighted by atomic mass is 16.6. The fourth-order valence-corrected chi connectivity index (χ4v) is 2.85. The molecule has 1 aromatic carbocycles. The Morgan fingerprint density at radius 2 is 2.13 bits per heavy atom. The van der Waals surface area contributed by atoms with Crippen molar-refractivity contribution < 1.29 is 14.6 Å². The number of carbonyl (C=O) groups is 1. The first-order valence-corrected chi connectivity index (χ1v) is 8.19. The molecule has 1 heterocycles. The van der Waals surface area contributed by atoms with Gasteiger partial charge in [0.1, 0.15) is 11.4 Å². The van der Waals surface area contributed by atoms with Gasteiger partial charge in [0.25, 0.3) is 0 Å². The van der Waals surface area contributed by atoms with E-state index in [0.29, 0.717) is 18.8 Å². The van der Waals surface area contributed by atoms with E-state index in [4.69, 9.17) is 4.74 Å². The molecule has 5 nitrogen and oxygen atoms in total. The Morgan fingerprint density at radius 3 is 2.78 bits per heavy atom. The molecule has 23 heavy (non-hydrogen) atoms. The zero-order valence-corrected chi connectivity index (χ0v) is 14.7. The van der Waals surface area contributed by atoms with E-state index in [2.05, 4.69) is 5.32 Å². The smallest absolute Gasteiger partial charge is 0.410 e. The number of benzene rings is 1. The van der Waals surface area contributed by atoms with Gasteiger partial charge in [0.2, 0.25) is 0 Å². The van der Waals surface area contributed by atoms with Gasteiger partial charge in [-0.15, -0.1) is 0 Å². The summed E-state index contributed by atoms with van der Waals surface area (Å²) in [4.78, 5) is 13.8. The molecule has 1 aliphatic heterocycles. The number of rotatable bonds is 3. The highest BCUT2D eigenvalue weighted by Crippen LogP contribution is 2.26. The fraction of sp³-hybridized carbons (Fsp3) is 0.611. The molecule has 0 aliphatic carbocycles. The first kappa shape index (κ1) is 17.6. The van der Waals surface area contributed by atoms with Crippen LogP contribution in [0, 0.1) is 6.92 Å². The Labute approximate surface area is 138 Å². The van der Waals surface area contributed by atoms with Gasteiger partial charge in [-0.25, -0.2) is 4.79 Å². The van der Waals surface area contributed by atoms with E-state index >= 15 is 0 Å². The average molecular weight is 320 g/mol. The largest absolute Gasteiger partial charge is 0.508 e. The van der Waals surface area contributed by atoms with E-state index in [1.54, 1.807) is 11.0 Å². The number of phenols is 1. The first-order chi connectivity index (χ1) is 10.7. The van der Waals surface area contributed by atoms with Crippen molar-refractivity contribution in [2.75, 3.05) is 13.1 Å². The van der Waals surface area contributed by atoms with Crippen molar-refractivity contribution in [2.45, 2.75) is 58.7 Å². The van der Waals surface area contributed by atoms with E-state index in [-0.39, 0.29) is 18.2 Å². The second-order valence-corrected chi connectivity index (χ2v) is 7.36. The number of aromatic hydroxyl groups is 1. The van der Waals surface area contributed by atoms with Crippen molar-refractivity contribution in [1.82, 2.24) is 10.2 Å². The number of amides is 1. The molecule has 128 valence electrons. The lowest BCUT2D eigenvalue weighted by Crippen LogP contribution is -2.39. The zero-order chi connectivity index (χ0) is 17.2. The predicted octanol–water partition coefficient (Wildman–Crippen LogP) is 3.36. The van der Waals surface area contributed by atoms with Crippen LogP contribution in [0.3, 0.4) is 0 Å². The van der Waals surface area contributed by atoms with Crippen molar-refractivity contribution in [3.8, 4) is 5.75 Å². The fourth-order valence-electron chi connectivity index (χ4n) is 2.85. The van der Waals surface area contributed by atoms with Crippen LogP contribution in [0.25, 0.3) is 0 Å². The summed E-state index contributed by atoms with van der Waals surface area (Å²) in [6, 6.07) is 5.85. The lowest BCUT2D eigenvalue weighted by molar-refractivity contribution is 0.0290. The van der Waals surface area contributed by atoms with Gasteiger partial charge >= 0.3 is 6.09 Å². The molecule has 0 spiro atoms. The summed E-state index contributed by atoms with van der Waals surface area (Å²) in [6.45, 7) is 11.0. The minimum Gasteiger partial charge on any atom is -0.508 e. The van der Waals surface area contributed by atoms with E-state index < -0.39 is 5.60 Å². The number of carbonyl (C=O) groups excluding carboxylic acids is 1. The van der Waals surface area contributed by atoms with E-state index in [9.17, 15) is 9.90 Å². The summed E-state index contributed by atoms with van der Waals surface area (Å²) in [7, 11) is 0. The molecule has 5 heteroatoms. The molecule has 2 unspecified atom stereocenters. The Balaban J connectivity index is 1.92. The van der Waals surface area contributed by atoms with Crippen molar-refractivity contribution in [2.24, 2.45) is 0 Å². The molecule has 2 atom stereocenters. The van der Waals surface area contributed by atoms with Gasteiger partial charge < -0.3 is 20.1 Å². The average Bonchev–Trinajstić information content (AvgIpc) is 2.88. The highest BCUT2D eigenvalue weighted by Gasteiger charge is 2.30. The van der Waals surface area contributed by atoms with Gasteiger partial charge in [0, 0.05) is 30.7 Å². The number of hydrogen-bond donors (Lipinski definition) is 2. The monoisotopic (exact) mass is 320 g/mol. The van der Waals surface area contributed by atoms with Gasteiger partial charge in [-0.1, -0.05) is 17.7 Å². The topological polar surface area (TPSA) is 61.8 Å². The number of ether oxygens (including phenoxy) is 1. The Morgan fingerprint density at radius 1 is 1.43 bits per heavy atom. The minimum absolute atomic E-state index is 0.0264. The molecule has 1 saturated heterocycles. The second-order valence-electron chi connectivity index (χ2n) is 7.36. The Kier molecular flexibility index (Phi) is 5.19. The lowest BCUT2D eigenvalue weighted by atomic mass is 10.0. The number of aryl methyl sites for hydroxylation is 1. The summed E-state index contributed by atoms with van der Waals surface area (Å²) < 4.78 is 5.41. The molecule has 1 aromatic rings. The van der Waals surface area contributed by atoms with Gasteiger partial charge in [-0.05, 0) is 47.1 Å². The van der Waals surface area contributed by atoms with Gasteiger partial charge in [0.15, 0.2) is 0 Å². The van der Waals surface area contributed by atoms with Crippen LogP contribution >= 0.6 is 0 Å². The normalized spacial score (nSPS) is 19.7. The molecular weight excluding hydrogens is 292 g/mol. The maximum Gasteiger partial charge on any atom is 0.410 e. The van der Waals surface area contributed by atoms with E-state index in [1.165, 1.54) is 0 Å². The van der Waals surface area contributed by atoms with Crippen molar-refractivity contribution >= 4 is 6.09 Å². The van der Waals surface area contributed by atoms with Crippen LogP contribution in [0.15, 0.2) is 18.2 Å². The third-order valence-corrected chi connectivity index (χ3v) is 3.98. The third kappa shape index (κ3) is 4.86. The van der Waals surface area contributed by atoms with Crippen LogP contribution in [0.4, 0.5) is 4.79 Å². The van der Waals surface area contributed by atoms with Crippen LogP contribution in [0.2, 0.25) is 0 Å². The SMILES string of the molecule is Cc1ccc(O)c(C(C)NC2CCN(C(=O)OC(C)(C)C)C2)c1. The number of phenolic OH excluding ortho intramolecular Hbond substituents is 1. The maximum atomic E-state index is 12.1. The summed E-state index contributed by atoms with van der Waals surface area (Å²) in [5, 5.41) is 13.5. The van der Waals surface area contributed by atoms with Gasteiger partial charge in [0.05, 0.1) is 0 Å². The summed E-state index contributed by atoms with van der Waals surface area (Å²) in [6.07, 6.45) is 0.628. The minimum atomic E-state index is -0.469. The second kappa shape index (κ2) is 6.79. The maximum absolute atomic E-state index is 12.1. The molecule has 2 N–H and O–H groups in total. The highest BCUT2D eigenvalue weighted by molar-refractivity contribution is 5.68. The number of nitrogens with zero attached hydrogens (tertiary/aromatic N) is 1. The Hall–Kier alpha value is -1.75. The molecule has 1 fully saturated rings. The summed E-state index contributed by atoms with van der Waals surface area (Å²) in [5.74, 6) is 0.303. The number of hydrogen-bond acceptors (Lipinski definition) is 4. The zero-order valence-electron chi connectivity index (χ0n) is 14.7. The molecule has 0 aromatic heterocycles. The summed E-state index contributed by atoms with van der Waals surface area (Å²) >= 11 is 0. The van der Waals surface area contributed by atoms with Crippen molar-refractivity contribution in [3.63, 3.8) is 0 Å². The molecule has 1 amide bonds. The van der Waals surface area contributed by atoms with Gasteiger partial charge in [-0.3, -0.25) is 0 Å². The van der Waals surface area contributed by atoms with E-state index in [0.717, 1.165) is 17.5 Å². The molecule has 0 saturated carbocycles.